The molecule has 1 aliphatic rings. The number of nitrogens with zero attached hydrogens (tertiary/aromatic N) is 2. The third-order valence-corrected chi connectivity index (χ3v) is 3.36. The van der Waals surface area contributed by atoms with Gasteiger partial charge in [-0.15, -0.1) is 0 Å². The number of amides is 1. The highest BCUT2D eigenvalue weighted by molar-refractivity contribution is 5.75. The highest BCUT2D eigenvalue weighted by Crippen LogP contribution is 2.28. The van der Waals surface area contributed by atoms with Crippen molar-refractivity contribution in [3.63, 3.8) is 0 Å². The summed E-state index contributed by atoms with van der Waals surface area (Å²) >= 11 is 0. The lowest BCUT2D eigenvalue weighted by Gasteiger charge is -2.18. The Hall–Kier alpha value is -1.82. The van der Waals surface area contributed by atoms with Crippen molar-refractivity contribution in [2.45, 2.75) is 19.4 Å². The second kappa shape index (κ2) is 6.56. The second-order valence-corrected chi connectivity index (χ2v) is 5.26. The van der Waals surface area contributed by atoms with E-state index in [1.54, 1.807) is 11.9 Å². The maximum Gasteiger partial charge on any atom is 0.251 e. The highest BCUT2D eigenvalue weighted by Gasteiger charge is 2.21. The van der Waals surface area contributed by atoms with E-state index in [9.17, 15) is 9.59 Å². The van der Waals surface area contributed by atoms with Crippen molar-refractivity contribution < 1.29 is 9.53 Å². The molecule has 2 rings (SSSR count). The Morgan fingerprint density at radius 3 is 2.95 bits per heavy atom. The van der Waals surface area contributed by atoms with Gasteiger partial charge in [-0.1, -0.05) is 0 Å². The van der Waals surface area contributed by atoms with Gasteiger partial charge in [0.05, 0.1) is 6.61 Å². The molecule has 0 radical (unpaired) electrons. The third kappa shape index (κ3) is 4.38. The predicted octanol–water partition coefficient (Wildman–Crippen LogP) is 0.316. The van der Waals surface area contributed by atoms with Gasteiger partial charge < -0.3 is 19.9 Å². The molecule has 6 nitrogen and oxygen atoms in total. The van der Waals surface area contributed by atoms with E-state index >= 15 is 0 Å². The van der Waals surface area contributed by atoms with Crippen molar-refractivity contribution in [1.29, 1.82) is 0 Å². The molecule has 0 bridgehead atoms. The largest absolute Gasteiger partial charge is 0.398 e. The number of hydrogen-bond donors (Lipinski definition) is 1. The Kier molecular flexibility index (Phi) is 4.79. The summed E-state index contributed by atoms with van der Waals surface area (Å²) in [4.78, 5) is 25.1. The standard InChI is InChI=1S/C14H21N3O3/c1-16(6-7-20-10-11-2-3-11)14(19)9-17-8-12(15)4-5-13(17)18/h4-5,8,11H,2-3,6-7,9-10,15H2,1H3. The first-order valence-corrected chi connectivity index (χ1v) is 6.84. The molecule has 1 amide bonds. The minimum absolute atomic E-state index is 0.00297. The molecule has 1 saturated carbocycles. The first-order valence-electron chi connectivity index (χ1n) is 6.84. The molecule has 20 heavy (non-hydrogen) atoms. The quantitative estimate of drug-likeness (QED) is 0.729. The number of carbonyl (C=O) groups excluding carboxylic acids is 1. The second-order valence-electron chi connectivity index (χ2n) is 5.26. The molecular weight excluding hydrogens is 258 g/mol. The first kappa shape index (κ1) is 14.6. The monoisotopic (exact) mass is 279 g/mol. The number of pyridine rings is 1. The molecular formula is C14H21N3O3. The van der Waals surface area contributed by atoms with Gasteiger partial charge in [0.1, 0.15) is 6.54 Å². The van der Waals surface area contributed by atoms with Gasteiger partial charge in [0.2, 0.25) is 5.91 Å². The molecule has 0 atom stereocenters. The topological polar surface area (TPSA) is 77.6 Å². The van der Waals surface area contributed by atoms with Gasteiger partial charge in [0.15, 0.2) is 0 Å². The van der Waals surface area contributed by atoms with Crippen LogP contribution in [0.3, 0.4) is 0 Å². The van der Waals surface area contributed by atoms with Crippen molar-refractivity contribution in [3.05, 3.63) is 28.7 Å². The Bertz CT molecular complexity index is 523. The van der Waals surface area contributed by atoms with Crippen LogP contribution in [0.15, 0.2) is 23.1 Å². The summed E-state index contributed by atoms with van der Waals surface area (Å²) < 4.78 is 6.81. The molecule has 0 aromatic carbocycles. The predicted molar refractivity (Wildman–Crippen MR) is 76.3 cm³/mol. The molecule has 1 aromatic rings. The average molecular weight is 279 g/mol. The average Bonchev–Trinajstić information content (AvgIpc) is 3.22. The fraction of sp³-hybridized carbons (Fsp3) is 0.571. The fourth-order valence-electron chi connectivity index (χ4n) is 1.80. The van der Waals surface area contributed by atoms with Gasteiger partial charge >= 0.3 is 0 Å². The van der Waals surface area contributed by atoms with Gasteiger partial charge in [-0.2, -0.15) is 0 Å². The Balaban J connectivity index is 1.77. The third-order valence-electron chi connectivity index (χ3n) is 3.36. The van der Waals surface area contributed by atoms with Crippen LogP contribution in [-0.4, -0.2) is 42.2 Å². The molecule has 1 fully saturated rings. The van der Waals surface area contributed by atoms with Crippen LogP contribution in [0.4, 0.5) is 5.69 Å². The number of rotatable bonds is 7. The van der Waals surface area contributed by atoms with E-state index in [2.05, 4.69) is 0 Å². The smallest absolute Gasteiger partial charge is 0.251 e. The molecule has 6 heteroatoms. The zero-order valence-electron chi connectivity index (χ0n) is 11.7. The number of aromatic nitrogens is 1. The van der Waals surface area contributed by atoms with Crippen molar-refractivity contribution in [2.75, 3.05) is 32.5 Å². The number of nitrogen functional groups attached to an aromatic ring is 1. The van der Waals surface area contributed by atoms with E-state index < -0.39 is 0 Å². The van der Waals surface area contributed by atoms with E-state index in [0.29, 0.717) is 18.8 Å². The number of carbonyl (C=O) groups is 1. The number of likely N-dealkylation sites (N-methyl/N-ethyl adjacent to an activating group) is 1. The SMILES string of the molecule is CN(CCOCC1CC1)C(=O)Cn1cc(N)ccc1=O. The number of nitrogens with two attached hydrogens (primary N) is 1. The Labute approximate surface area is 118 Å². The summed E-state index contributed by atoms with van der Waals surface area (Å²) in [6, 6.07) is 2.89. The summed E-state index contributed by atoms with van der Waals surface area (Å²) in [5.41, 5.74) is 5.84. The van der Waals surface area contributed by atoms with Crippen molar-refractivity contribution in [3.8, 4) is 0 Å². The molecule has 1 heterocycles. The Morgan fingerprint density at radius 2 is 2.25 bits per heavy atom. The van der Waals surface area contributed by atoms with Crippen LogP contribution < -0.4 is 11.3 Å². The lowest BCUT2D eigenvalue weighted by Crippen LogP contribution is -2.35. The van der Waals surface area contributed by atoms with Crippen molar-refractivity contribution >= 4 is 11.6 Å². The zero-order chi connectivity index (χ0) is 14.5. The van der Waals surface area contributed by atoms with Crippen LogP contribution in [-0.2, 0) is 16.1 Å². The number of hydrogen-bond acceptors (Lipinski definition) is 4. The molecule has 0 unspecified atom stereocenters. The van der Waals surface area contributed by atoms with E-state index in [0.717, 1.165) is 12.5 Å². The van der Waals surface area contributed by atoms with Gasteiger partial charge in [0.25, 0.3) is 5.56 Å². The van der Waals surface area contributed by atoms with Crippen LogP contribution in [0.5, 0.6) is 0 Å². The summed E-state index contributed by atoms with van der Waals surface area (Å²) in [5.74, 6) is 0.592. The highest BCUT2D eigenvalue weighted by atomic mass is 16.5. The Morgan fingerprint density at radius 1 is 1.50 bits per heavy atom. The van der Waals surface area contributed by atoms with Gasteiger partial charge in [-0.05, 0) is 24.8 Å². The van der Waals surface area contributed by atoms with Crippen LogP contribution in [0.25, 0.3) is 0 Å². The van der Waals surface area contributed by atoms with Crippen LogP contribution in [0.1, 0.15) is 12.8 Å². The van der Waals surface area contributed by atoms with E-state index in [1.165, 1.54) is 35.7 Å². The van der Waals surface area contributed by atoms with E-state index in [4.69, 9.17) is 10.5 Å². The summed E-state index contributed by atoms with van der Waals surface area (Å²) in [5, 5.41) is 0. The zero-order valence-corrected chi connectivity index (χ0v) is 11.7. The molecule has 0 spiro atoms. The van der Waals surface area contributed by atoms with Gasteiger partial charge in [-0.25, -0.2) is 0 Å². The van der Waals surface area contributed by atoms with E-state index in [1.807, 2.05) is 0 Å². The fourth-order valence-corrected chi connectivity index (χ4v) is 1.80. The van der Waals surface area contributed by atoms with Crippen LogP contribution in [0.2, 0.25) is 0 Å². The van der Waals surface area contributed by atoms with Crippen LogP contribution in [0, 0.1) is 5.92 Å². The molecule has 1 aromatic heterocycles. The summed E-state index contributed by atoms with van der Waals surface area (Å²) in [6.45, 7) is 1.85. The summed E-state index contributed by atoms with van der Waals surface area (Å²) in [6.07, 6.45) is 4.00. The number of ether oxygens (including phenoxy) is 1. The number of anilines is 1. The molecule has 0 aliphatic heterocycles. The molecule has 0 saturated heterocycles. The normalized spacial score (nSPS) is 14.2. The molecule has 2 N–H and O–H groups in total. The maximum absolute atomic E-state index is 12.0. The van der Waals surface area contributed by atoms with Gasteiger partial charge in [-0.3, -0.25) is 9.59 Å². The lowest BCUT2D eigenvalue weighted by atomic mass is 10.4. The van der Waals surface area contributed by atoms with Crippen LogP contribution >= 0.6 is 0 Å². The molecule has 110 valence electrons. The minimum atomic E-state index is -0.231. The molecule has 1 aliphatic carbocycles. The van der Waals surface area contributed by atoms with Crippen molar-refractivity contribution in [1.82, 2.24) is 9.47 Å². The van der Waals surface area contributed by atoms with E-state index in [-0.39, 0.29) is 18.0 Å². The minimum Gasteiger partial charge on any atom is -0.398 e. The lowest BCUT2D eigenvalue weighted by molar-refractivity contribution is -0.131. The first-order chi connectivity index (χ1) is 9.56. The van der Waals surface area contributed by atoms with Gasteiger partial charge in [0, 0.05) is 38.1 Å². The van der Waals surface area contributed by atoms with Crippen molar-refractivity contribution in [2.24, 2.45) is 5.92 Å². The summed E-state index contributed by atoms with van der Waals surface area (Å²) in [7, 11) is 1.71. The maximum atomic E-state index is 12.0.